The van der Waals surface area contributed by atoms with Crippen molar-refractivity contribution >= 4 is 34.4 Å². The fraction of sp³-hybridized carbons (Fsp3) is 0.417. The van der Waals surface area contributed by atoms with Crippen LogP contribution in [0.3, 0.4) is 0 Å². The Balaban J connectivity index is 1.16. The number of anilines is 1. The van der Waals surface area contributed by atoms with E-state index in [0.29, 0.717) is 42.0 Å². The van der Waals surface area contributed by atoms with Gasteiger partial charge in [-0.2, -0.15) is 0 Å². The Labute approximate surface area is 207 Å². The third-order valence-corrected chi connectivity index (χ3v) is 6.70. The number of hydrogen-bond donors (Lipinski definition) is 3. The van der Waals surface area contributed by atoms with Crippen molar-refractivity contribution in [3.8, 4) is 11.6 Å². The van der Waals surface area contributed by atoms with Gasteiger partial charge < -0.3 is 30.1 Å². The van der Waals surface area contributed by atoms with Gasteiger partial charge in [-0.1, -0.05) is 11.6 Å². The highest BCUT2D eigenvalue weighted by Gasteiger charge is 2.28. The number of ether oxygens (including phenoxy) is 2. The van der Waals surface area contributed by atoms with Gasteiger partial charge in [-0.3, -0.25) is 9.78 Å². The van der Waals surface area contributed by atoms with Crippen LogP contribution in [0.25, 0.3) is 11.0 Å². The van der Waals surface area contributed by atoms with E-state index >= 15 is 0 Å². The minimum Gasteiger partial charge on any atom is -0.481 e. The van der Waals surface area contributed by atoms with E-state index in [1.54, 1.807) is 25.4 Å². The second kappa shape index (κ2) is 10.3. The van der Waals surface area contributed by atoms with Crippen LogP contribution >= 0.6 is 11.6 Å². The summed E-state index contributed by atoms with van der Waals surface area (Å²) in [5, 5.41) is 17.5. The summed E-state index contributed by atoms with van der Waals surface area (Å²) in [5.74, 6) is 1.31. The Morgan fingerprint density at radius 1 is 1.31 bits per heavy atom. The molecule has 3 aromatic heterocycles. The fourth-order valence-corrected chi connectivity index (χ4v) is 4.71. The lowest BCUT2D eigenvalue weighted by Crippen LogP contribution is -2.52. The number of amides is 1. The van der Waals surface area contributed by atoms with Gasteiger partial charge in [0.25, 0.3) is 5.91 Å². The van der Waals surface area contributed by atoms with Gasteiger partial charge in [0.05, 0.1) is 35.0 Å². The van der Waals surface area contributed by atoms with Gasteiger partial charge in [-0.25, -0.2) is 9.97 Å². The molecule has 1 amide bonds. The van der Waals surface area contributed by atoms with Crippen LogP contribution in [-0.4, -0.2) is 76.4 Å². The van der Waals surface area contributed by atoms with Crippen molar-refractivity contribution in [1.29, 1.82) is 0 Å². The molecular formula is C24H27ClN6O4. The number of carbonyl (C=O) groups is 1. The highest BCUT2D eigenvalue weighted by molar-refractivity contribution is 6.32. The summed E-state index contributed by atoms with van der Waals surface area (Å²) >= 11 is 6.46. The molecule has 2 aliphatic heterocycles. The third-order valence-electron chi connectivity index (χ3n) is 6.37. The second-order valence-electron chi connectivity index (χ2n) is 8.69. The van der Waals surface area contributed by atoms with E-state index in [4.69, 9.17) is 21.1 Å². The first-order valence-corrected chi connectivity index (χ1v) is 11.9. The molecule has 3 aromatic rings. The number of aliphatic hydroxyl groups is 1. The predicted molar refractivity (Wildman–Crippen MR) is 131 cm³/mol. The van der Waals surface area contributed by atoms with Gasteiger partial charge in [0.15, 0.2) is 18.2 Å². The van der Waals surface area contributed by atoms with Crippen LogP contribution < -0.4 is 20.1 Å². The Kier molecular flexibility index (Phi) is 6.96. The number of pyridine rings is 3. The number of β-amino-alcohol motifs (C(OH)–C–C–N with tert-alkyl or cyclic N) is 1. The molecule has 0 saturated carbocycles. The highest BCUT2D eigenvalue weighted by atomic mass is 35.5. The lowest BCUT2D eigenvalue weighted by molar-refractivity contribution is -0.118. The summed E-state index contributed by atoms with van der Waals surface area (Å²) in [7, 11) is 1.58. The number of rotatable bonds is 7. The second-order valence-corrected chi connectivity index (χ2v) is 9.09. The predicted octanol–water partition coefficient (Wildman–Crippen LogP) is 1.79. The van der Waals surface area contributed by atoms with Gasteiger partial charge in [0, 0.05) is 43.5 Å². The summed E-state index contributed by atoms with van der Waals surface area (Å²) in [6.07, 6.45) is 2.62. The number of piperidine rings is 1. The molecule has 11 heteroatoms. The summed E-state index contributed by atoms with van der Waals surface area (Å²) in [5.41, 5.74) is 3.22. The van der Waals surface area contributed by atoms with Crippen molar-refractivity contribution in [3.05, 3.63) is 46.7 Å². The average molecular weight is 499 g/mol. The summed E-state index contributed by atoms with van der Waals surface area (Å²) in [4.78, 5) is 27.1. The van der Waals surface area contributed by atoms with Gasteiger partial charge in [-0.15, -0.1) is 0 Å². The lowest BCUT2D eigenvalue weighted by Gasteiger charge is -2.36. The molecule has 0 unspecified atom stereocenters. The van der Waals surface area contributed by atoms with E-state index in [2.05, 4.69) is 30.5 Å². The first-order chi connectivity index (χ1) is 17.0. The van der Waals surface area contributed by atoms with Gasteiger partial charge in [0.2, 0.25) is 5.88 Å². The number of carbonyl (C=O) groups excluding carboxylic acids is 1. The molecule has 1 fully saturated rings. The first kappa shape index (κ1) is 23.7. The number of methoxy groups -OCH3 is 1. The molecule has 0 bridgehead atoms. The van der Waals surface area contributed by atoms with Crippen molar-refractivity contribution in [2.45, 2.75) is 31.5 Å². The molecule has 5 rings (SSSR count). The lowest BCUT2D eigenvalue weighted by atomic mass is 10.0. The maximum absolute atomic E-state index is 11.5. The molecule has 1 saturated heterocycles. The number of halogens is 1. The molecule has 184 valence electrons. The molecule has 5 heterocycles. The number of nitrogens with zero attached hydrogens (tertiary/aromatic N) is 4. The summed E-state index contributed by atoms with van der Waals surface area (Å²) in [6.45, 7) is 2.63. The number of likely N-dealkylation sites (tertiary alicyclic amines) is 1. The van der Waals surface area contributed by atoms with E-state index in [9.17, 15) is 9.90 Å². The quantitative estimate of drug-likeness (QED) is 0.447. The maximum atomic E-state index is 11.5. The molecule has 35 heavy (non-hydrogen) atoms. The molecular weight excluding hydrogens is 472 g/mol. The standard InChI is InChI=1S/C24H27ClN6O4/c1-34-22-5-3-18-23(30-22)15(16(25)11-27-18)6-8-31-9-7-17(19(32)12-31)26-10-14-2-4-20-24(28-14)29-21(33)13-35-20/h2-5,11,17,19,26,32H,6-10,12-13H2,1H3,(H,28,29,33)/t17-,19-/m1/s1. The minimum atomic E-state index is -0.521. The molecule has 2 aliphatic rings. The zero-order valence-corrected chi connectivity index (χ0v) is 20.1. The Morgan fingerprint density at radius 3 is 3.03 bits per heavy atom. The van der Waals surface area contributed by atoms with Crippen molar-refractivity contribution in [1.82, 2.24) is 25.2 Å². The topological polar surface area (TPSA) is 122 Å². The first-order valence-electron chi connectivity index (χ1n) is 11.5. The number of fused-ring (bicyclic) bond motifs is 2. The Morgan fingerprint density at radius 2 is 2.20 bits per heavy atom. The Bertz CT molecular complexity index is 1240. The van der Waals surface area contributed by atoms with Crippen LogP contribution in [0, 0.1) is 0 Å². The van der Waals surface area contributed by atoms with Crippen LogP contribution in [0.15, 0.2) is 30.5 Å². The van der Waals surface area contributed by atoms with E-state index in [0.717, 1.165) is 41.8 Å². The van der Waals surface area contributed by atoms with E-state index in [1.807, 2.05) is 12.1 Å². The van der Waals surface area contributed by atoms with E-state index in [1.165, 1.54) is 0 Å². The zero-order valence-electron chi connectivity index (χ0n) is 19.3. The molecule has 0 aliphatic carbocycles. The van der Waals surface area contributed by atoms with Crippen molar-refractivity contribution in [3.63, 3.8) is 0 Å². The van der Waals surface area contributed by atoms with Crippen LogP contribution in [0.2, 0.25) is 5.02 Å². The number of nitrogens with one attached hydrogen (secondary N) is 2. The van der Waals surface area contributed by atoms with Gasteiger partial charge in [-0.05, 0) is 37.6 Å². The largest absolute Gasteiger partial charge is 0.481 e. The molecule has 0 spiro atoms. The van der Waals surface area contributed by atoms with Crippen molar-refractivity contribution < 1.29 is 19.4 Å². The Hall–Kier alpha value is -3.05. The third kappa shape index (κ3) is 5.30. The molecule has 3 N–H and O–H groups in total. The van der Waals surface area contributed by atoms with Crippen LogP contribution in [0.5, 0.6) is 11.6 Å². The SMILES string of the molecule is COc1ccc2ncc(Cl)c(CCN3CC[C@@H](NCc4ccc5c(n4)NC(=O)CO5)[C@H](O)C3)c2n1. The number of aliphatic hydroxyl groups excluding tert-OH is 1. The summed E-state index contributed by atoms with van der Waals surface area (Å²) < 4.78 is 10.6. The van der Waals surface area contributed by atoms with E-state index in [-0.39, 0.29) is 18.6 Å². The fourth-order valence-electron chi connectivity index (χ4n) is 4.48. The molecule has 0 aromatic carbocycles. The minimum absolute atomic E-state index is 0.00530. The molecule has 2 atom stereocenters. The zero-order chi connectivity index (χ0) is 24.4. The maximum Gasteiger partial charge on any atom is 0.263 e. The average Bonchev–Trinajstić information content (AvgIpc) is 2.87. The molecule has 10 nitrogen and oxygen atoms in total. The van der Waals surface area contributed by atoms with Gasteiger partial charge in [0.1, 0.15) is 0 Å². The van der Waals surface area contributed by atoms with Crippen LogP contribution in [0.1, 0.15) is 17.7 Å². The smallest absolute Gasteiger partial charge is 0.263 e. The normalized spacial score (nSPS) is 20.3. The number of aromatic nitrogens is 3. The summed E-state index contributed by atoms with van der Waals surface area (Å²) in [6, 6.07) is 7.27. The van der Waals surface area contributed by atoms with Crippen molar-refractivity contribution in [2.24, 2.45) is 0 Å². The highest BCUT2D eigenvalue weighted by Crippen LogP contribution is 2.27. The van der Waals surface area contributed by atoms with Crippen LogP contribution in [0.4, 0.5) is 5.82 Å². The monoisotopic (exact) mass is 498 g/mol. The molecule has 0 radical (unpaired) electrons. The van der Waals surface area contributed by atoms with Crippen molar-refractivity contribution in [2.75, 3.05) is 38.7 Å². The number of hydrogen-bond acceptors (Lipinski definition) is 9. The van der Waals surface area contributed by atoms with Crippen LogP contribution in [-0.2, 0) is 17.8 Å². The van der Waals surface area contributed by atoms with Gasteiger partial charge >= 0.3 is 0 Å². The van der Waals surface area contributed by atoms with E-state index < -0.39 is 6.10 Å².